The highest BCUT2D eigenvalue weighted by molar-refractivity contribution is 6.08. The van der Waals surface area contributed by atoms with Gasteiger partial charge >= 0.3 is 12.2 Å². The molecule has 0 aliphatic heterocycles. The molecule has 0 atom stereocenters. The molecule has 0 radical (unpaired) electrons. The predicted octanol–water partition coefficient (Wildman–Crippen LogP) is 6.68. The molecule has 0 saturated heterocycles. The lowest BCUT2D eigenvalue weighted by atomic mass is 9.96. The number of carbonyl (C=O) groups excluding carboxylic acids is 1. The van der Waals surface area contributed by atoms with Crippen LogP contribution in [0.3, 0.4) is 0 Å². The summed E-state index contributed by atoms with van der Waals surface area (Å²) in [7, 11) is 0. The average molecular weight is 506 g/mol. The minimum Gasteiger partial charge on any atom is -0.382 e. The van der Waals surface area contributed by atoms with Crippen LogP contribution in [0.2, 0.25) is 0 Å². The number of aromatic nitrogens is 3. The largest absolute Gasteiger partial charge is 0.419 e. The van der Waals surface area contributed by atoms with Crippen LogP contribution in [0.4, 0.5) is 39.5 Å². The van der Waals surface area contributed by atoms with Gasteiger partial charge < -0.3 is 16.4 Å². The number of urea groups is 1. The molecule has 0 bridgehead atoms. The standard InChI is InChI=1S/C26H18F4N6O/c27-21-10-7-17(12-20(21)26(28,29)30)34-25(37)33-16-5-3-14(4-6-16)18-8-9-19(15-2-1-11-32-13-15)23-22(18)24(31)36-35-23/h1-13H,(H3,31,35,36)(H2,33,34,37). The molecule has 5 N–H and O–H groups in total. The number of fused-ring (bicyclic) bond motifs is 1. The highest BCUT2D eigenvalue weighted by Gasteiger charge is 2.34. The molecular weight excluding hydrogens is 488 g/mol. The fourth-order valence-corrected chi connectivity index (χ4v) is 4.01. The van der Waals surface area contributed by atoms with Crippen LogP contribution < -0.4 is 16.4 Å². The van der Waals surface area contributed by atoms with Gasteiger partial charge in [0.2, 0.25) is 0 Å². The summed E-state index contributed by atoms with van der Waals surface area (Å²) in [5.74, 6) is -1.09. The summed E-state index contributed by atoms with van der Waals surface area (Å²) in [5, 5.41) is 12.7. The first-order valence-electron chi connectivity index (χ1n) is 10.9. The molecule has 2 aromatic heterocycles. The smallest absolute Gasteiger partial charge is 0.382 e. The molecule has 0 spiro atoms. The number of halogens is 4. The Hall–Kier alpha value is -4.93. The van der Waals surface area contributed by atoms with Gasteiger partial charge in [0.1, 0.15) is 5.82 Å². The van der Waals surface area contributed by atoms with Crippen molar-refractivity contribution in [3.05, 3.63) is 90.5 Å². The molecule has 5 aromatic rings. The Labute approximate surface area is 207 Å². The number of nitrogens with one attached hydrogen (secondary N) is 3. The fraction of sp³-hybridized carbons (Fsp3) is 0.0385. The van der Waals surface area contributed by atoms with Gasteiger partial charge in [-0.1, -0.05) is 30.3 Å². The molecule has 2 heterocycles. The number of anilines is 3. The second kappa shape index (κ2) is 9.26. The zero-order valence-electron chi connectivity index (χ0n) is 18.9. The molecule has 0 unspecified atom stereocenters. The van der Waals surface area contributed by atoms with Gasteiger partial charge in [0.25, 0.3) is 0 Å². The molecule has 0 saturated carbocycles. The molecule has 2 amide bonds. The summed E-state index contributed by atoms with van der Waals surface area (Å²) in [6.07, 6.45) is -1.45. The zero-order valence-corrected chi connectivity index (χ0v) is 18.9. The van der Waals surface area contributed by atoms with Crippen molar-refractivity contribution in [3.8, 4) is 22.3 Å². The van der Waals surface area contributed by atoms with Crippen LogP contribution in [0.25, 0.3) is 33.2 Å². The molecule has 3 aromatic carbocycles. The maximum absolute atomic E-state index is 13.5. The summed E-state index contributed by atoms with van der Waals surface area (Å²) in [6, 6.07) is 15.9. The number of carbonyl (C=O) groups is 1. The Kier molecular flexibility index (Phi) is 5.96. The van der Waals surface area contributed by atoms with Gasteiger partial charge in [-0.2, -0.15) is 18.3 Å². The molecule has 7 nitrogen and oxygen atoms in total. The Morgan fingerprint density at radius 1 is 0.892 bits per heavy atom. The summed E-state index contributed by atoms with van der Waals surface area (Å²) in [4.78, 5) is 16.5. The normalized spacial score (nSPS) is 11.5. The van der Waals surface area contributed by atoms with Gasteiger partial charge in [0, 0.05) is 34.9 Å². The van der Waals surface area contributed by atoms with E-state index >= 15 is 0 Å². The van der Waals surface area contributed by atoms with Crippen LogP contribution in [-0.4, -0.2) is 21.2 Å². The number of pyridine rings is 1. The van der Waals surface area contributed by atoms with Crippen LogP contribution in [0.15, 0.2) is 79.1 Å². The van der Waals surface area contributed by atoms with Gasteiger partial charge in [0.05, 0.1) is 16.5 Å². The van der Waals surface area contributed by atoms with Crippen molar-refractivity contribution >= 4 is 34.1 Å². The number of aromatic amines is 1. The van der Waals surface area contributed by atoms with Crippen molar-refractivity contribution in [2.24, 2.45) is 0 Å². The lowest BCUT2D eigenvalue weighted by molar-refractivity contribution is -0.139. The van der Waals surface area contributed by atoms with E-state index in [9.17, 15) is 22.4 Å². The molecule has 0 aliphatic carbocycles. The van der Waals surface area contributed by atoms with Crippen LogP contribution >= 0.6 is 0 Å². The third-order valence-electron chi connectivity index (χ3n) is 5.71. The number of alkyl halides is 3. The van der Waals surface area contributed by atoms with Crippen LogP contribution in [0.1, 0.15) is 5.56 Å². The van der Waals surface area contributed by atoms with E-state index < -0.39 is 23.6 Å². The number of H-pyrrole nitrogens is 1. The van der Waals surface area contributed by atoms with Crippen LogP contribution in [0, 0.1) is 5.82 Å². The molecule has 37 heavy (non-hydrogen) atoms. The molecule has 186 valence electrons. The highest BCUT2D eigenvalue weighted by Crippen LogP contribution is 2.37. The first-order valence-corrected chi connectivity index (χ1v) is 10.9. The predicted molar refractivity (Wildman–Crippen MR) is 133 cm³/mol. The minimum atomic E-state index is -4.88. The van der Waals surface area contributed by atoms with Gasteiger partial charge in [-0.25, -0.2) is 9.18 Å². The molecule has 0 fully saturated rings. The highest BCUT2D eigenvalue weighted by atomic mass is 19.4. The number of nitrogens with two attached hydrogens (primary N) is 1. The monoisotopic (exact) mass is 506 g/mol. The van der Waals surface area contributed by atoms with Crippen molar-refractivity contribution < 1.29 is 22.4 Å². The second-order valence-corrected chi connectivity index (χ2v) is 8.11. The summed E-state index contributed by atoms with van der Waals surface area (Å²) < 4.78 is 52.2. The Balaban J connectivity index is 1.36. The van der Waals surface area contributed by atoms with Crippen molar-refractivity contribution in [2.75, 3.05) is 16.4 Å². The van der Waals surface area contributed by atoms with Crippen LogP contribution in [-0.2, 0) is 6.18 Å². The zero-order chi connectivity index (χ0) is 26.2. The summed E-state index contributed by atoms with van der Waals surface area (Å²) in [5.41, 5.74) is 9.05. The first kappa shape index (κ1) is 23.8. The third kappa shape index (κ3) is 4.79. The van der Waals surface area contributed by atoms with Crippen molar-refractivity contribution in [3.63, 3.8) is 0 Å². The quantitative estimate of drug-likeness (QED) is 0.204. The van der Waals surface area contributed by atoms with Gasteiger partial charge in [-0.3, -0.25) is 10.1 Å². The lowest BCUT2D eigenvalue weighted by Crippen LogP contribution is -2.20. The van der Waals surface area contributed by atoms with Crippen molar-refractivity contribution in [2.45, 2.75) is 6.18 Å². The SMILES string of the molecule is Nc1n[nH]c2c(-c3cccnc3)ccc(-c3ccc(NC(=O)Nc4ccc(F)c(C(F)(F)F)c4)cc3)c12. The Morgan fingerprint density at radius 2 is 1.59 bits per heavy atom. The van der Waals surface area contributed by atoms with E-state index in [0.717, 1.165) is 39.2 Å². The Bertz CT molecular complexity index is 1600. The minimum absolute atomic E-state index is 0.200. The van der Waals surface area contributed by atoms with Gasteiger partial charge in [0.15, 0.2) is 5.82 Å². The first-order chi connectivity index (χ1) is 17.7. The van der Waals surface area contributed by atoms with E-state index in [0.29, 0.717) is 23.6 Å². The molecule has 0 aliphatic rings. The van der Waals surface area contributed by atoms with Crippen molar-refractivity contribution in [1.82, 2.24) is 15.2 Å². The summed E-state index contributed by atoms with van der Waals surface area (Å²) >= 11 is 0. The van der Waals surface area contributed by atoms with E-state index in [1.54, 1.807) is 36.7 Å². The molecule has 5 rings (SSSR count). The van der Waals surface area contributed by atoms with E-state index in [2.05, 4.69) is 25.8 Å². The van der Waals surface area contributed by atoms with Gasteiger partial charge in [-0.15, -0.1) is 0 Å². The summed E-state index contributed by atoms with van der Waals surface area (Å²) in [6.45, 7) is 0. The van der Waals surface area contributed by atoms with E-state index in [4.69, 9.17) is 5.73 Å². The maximum atomic E-state index is 13.5. The topological polar surface area (TPSA) is 109 Å². The fourth-order valence-electron chi connectivity index (χ4n) is 4.01. The second-order valence-electron chi connectivity index (χ2n) is 8.11. The van der Waals surface area contributed by atoms with E-state index in [-0.39, 0.29) is 5.69 Å². The maximum Gasteiger partial charge on any atom is 0.419 e. The number of hydrogen-bond donors (Lipinski definition) is 4. The van der Waals surface area contributed by atoms with E-state index in [1.165, 1.54) is 0 Å². The average Bonchev–Trinajstić information content (AvgIpc) is 3.27. The number of hydrogen-bond acceptors (Lipinski definition) is 4. The number of nitrogen functional groups attached to an aromatic ring is 1. The molecular formula is C26H18F4N6O. The number of amides is 2. The Morgan fingerprint density at radius 3 is 2.30 bits per heavy atom. The number of nitrogens with zero attached hydrogens (tertiary/aromatic N) is 2. The van der Waals surface area contributed by atoms with Gasteiger partial charge in [-0.05, 0) is 47.5 Å². The van der Waals surface area contributed by atoms with Crippen molar-refractivity contribution in [1.29, 1.82) is 0 Å². The lowest BCUT2D eigenvalue weighted by Gasteiger charge is -2.12. The number of benzene rings is 3. The molecule has 11 heteroatoms. The number of rotatable bonds is 4. The van der Waals surface area contributed by atoms with Crippen LogP contribution in [0.5, 0.6) is 0 Å². The van der Waals surface area contributed by atoms with E-state index in [1.807, 2.05) is 24.3 Å². The third-order valence-corrected chi connectivity index (χ3v) is 5.71.